The highest BCUT2D eigenvalue weighted by Crippen LogP contribution is 2.29. The molecule has 0 spiro atoms. The lowest BCUT2D eigenvalue weighted by molar-refractivity contribution is -0.133. The SMILES string of the molecule is CCCN1C(=O)c2c(C(=O)NCCN3CCOCC3)ncn2C[C@@]1(C)C(=O)NCc1ccc(C)cc1. The molecule has 0 aliphatic carbocycles. The zero-order valence-corrected chi connectivity index (χ0v) is 21.4. The van der Waals surface area contributed by atoms with Gasteiger partial charge in [0.1, 0.15) is 11.2 Å². The summed E-state index contributed by atoms with van der Waals surface area (Å²) in [6, 6.07) is 7.96. The molecule has 0 bridgehead atoms. The fourth-order valence-corrected chi connectivity index (χ4v) is 4.74. The molecular weight excluding hydrogens is 460 g/mol. The molecule has 4 rings (SSSR count). The van der Waals surface area contributed by atoms with Gasteiger partial charge in [0, 0.05) is 39.3 Å². The molecule has 10 heteroatoms. The Labute approximate surface area is 212 Å². The van der Waals surface area contributed by atoms with E-state index in [4.69, 9.17) is 4.74 Å². The first-order valence-corrected chi connectivity index (χ1v) is 12.6. The number of carbonyl (C=O) groups is 3. The summed E-state index contributed by atoms with van der Waals surface area (Å²) in [4.78, 5) is 48.0. The highest BCUT2D eigenvalue weighted by molar-refractivity contribution is 6.07. The number of nitrogens with one attached hydrogen (secondary N) is 2. The van der Waals surface area contributed by atoms with E-state index in [2.05, 4.69) is 20.5 Å². The van der Waals surface area contributed by atoms with Crippen LogP contribution in [0.2, 0.25) is 0 Å². The van der Waals surface area contributed by atoms with E-state index in [-0.39, 0.29) is 35.7 Å². The van der Waals surface area contributed by atoms with Gasteiger partial charge in [-0.15, -0.1) is 0 Å². The minimum atomic E-state index is -1.10. The Kier molecular flexibility index (Phi) is 8.05. The van der Waals surface area contributed by atoms with Crippen LogP contribution in [0.4, 0.5) is 0 Å². The Morgan fingerprint density at radius 1 is 1.11 bits per heavy atom. The standard InChI is InChI=1S/C26H36N6O4/c1-4-10-32-24(34)22-21(23(33)27-9-11-30-12-14-36-15-13-30)29-18-31(22)17-26(32,3)25(35)28-16-20-7-5-19(2)6-8-20/h5-8,18H,4,9-17H2,1-3H3,(H,27,33)(H,28,35)/t26-/m0/s1. The molecule has 3 heterocycles. The maximum Gasteiger partial charge on any atom is 0.273 e. The Bertz CT molecular complexity index is 1090. The number of aryl methyl sites for hydroxylation is 1. The number of benzene rings is 1. The van der Waals surface area contributed by atoms with Crippen LogP contribution < -0.4 is 10.6 Å². The Morgan fingerprint density at radius 2 is 1.83 bits per heavy atom. The lowest BCUT2D eigenvalue weighted by Gasteiger charge is -2.43. The molecule has 1 fully saturated rings. The summed E-state index contributed by atoms with van der Waals surface area (Å²) in [7, 11) is 0. The van der Waals surface area contributed by atoms with Gasteiger partial charge in [0.25, 0.3) is 11.8 Å². The van der Waals surface area contributed by atoms with Gasteiger partial charge in [-0.2, -0.15) is 0 Å². The zero-order valence-electron chi connectivity index (χ0n) is 21.4. The first-order valence-electron chi connectivity index (χ1n) is 12.6. The third-order valence-electron chi connectivity index (χ3n) is 6.90. The number of rotatable bonds is 9. The van der Waals surface area contributed by atoms with Crippen LogP contribution >= 0.6 is 0 Å². The minimum Gasteiger partial charge on any atom is -0.379 e. The van der Waals surface area contributed by atoms with Crippen LogP contribution in [0.25, 0.3) is 0 Å². The van der Waals surface area contributed by atoms with Gasteiger partial charge < -0.3 is 24.8 Å². The Balaban J connectivity index is 1.46. The maximum absolute atomic E-state index is 13.6. The van der Waals surface area contributed by atoms with Crippen molar-refractivity contribution in [1.29, 1.82) is 0 Å². The second kappa shape index (κ2) is 11.2. The maximum atomic E-state index is 13.6. The fraction of sp³-hybridized carbons (Fsp3) is 0.538. The summed E-state index contributed by atoms with van der Waals surface area (Å²) in [5.74, 6) is -0.970. The van der Waals surface area contributed by atoms with Crippen molar-refractivity contribution in [2.75, 3.05) is 45.9 Å². The molecule has 3 amide bonds. The van der Waals surface area contributed by atoms with Crippen molar-refractivity contribution in [2.24, 2.45) is 0 Å². The minimum absolute atomic E-state index is 0.102. The number of aromatic nitrogens is 2. The van der Waals surface area contributed by atoms with Crippen molar-refractivity contribution < 1.29 is 19.1 Å². The molecule has 2 aliphatic rings. The van der Waals surface area contributed by atoms with Crippen LogP contribution in [0.1, 0.15) is 52.4 Å². The molecule has 0 radical (unpaired) electrons. The van der Waals surface area contributed by atoms with Crippen LogP contribution in [-0.4, -0.2) is 88.5 Å². The highest BCUT2D eigenvalue weighted by atomic mass is 16.5. The summed E-state index contributed by atoms with van der Waals surface area (Å²) in [5, 5.41) is 5.89. The number of morpholine rings is 1. The first kappa shape index (κ1) is 25.8. The Morgan fingerprint density at radius 3 is 2.53 bits per heavy atom. The van der Waals surface area contributed by atoms with Crippen molar-refractivity contribution >= 4 is 17.7 Å². The molecule has 10 nitrogen and oxygen atoms in total. The van der Waals surface area contributed by atoms with Gasteiger partial charge in [0.15, 0.2) is 5.69 Å². The van der Waals surface area contributed by atoms with E-state index in [1.54, 1.807) is 16.4 Å². The van der Waals surface area contributed by atoms with E-state index >= 15 is 0 Å². The molecule has 1 aromatic heterocycles. The summed E-state index contributed by atoms with van der Waals surface area (Å²) in [6.07, 6.45) is 2.17. The van der Waals surface area contributed by atoms with E-state index < -0.39 is 5.54 Å². The predicted molar refractivity (Wildman–Crippen MR) is 135 cm³/mol. The Hall–Kier alpha value is -3.24. The number of ether oxygens (including phenoxy) is 1. The first-order chi connectivity index (χ1) is 17.3. The molecule has 0 saturated carbocycles. The number of hydrogen-bond donors (Lipinski definition) is 2. The van der Waals surface area contributed by atoms with Gasteiger partial charge in [-0.3, -0.25) is 19.3 Å². The summed E-state index contributed by atoms with van der Waals surface area (Å²) in [6.45, 7) is 11.0. The molecule has 1 atom stereocenters. The van der Waals surface area contributed by atoms with Gasteiger partial charge in [0.2, 0.25) is 5.91 Å². The summed E-state index contributed by atoms with van der Waals surface area (Å²) in [5.41, 5.74) is 1.37. The van der Waals surface area contributed by atoms with E-state index in [1.807, 2.05) is 38.1 Å². The normalized spacial score (nSPS) is 20.2. The van der Waals surface area contributed by atoms with Gasteiger partial charge in [-0.25, -0.2) is 4.98 Å². The average Bonchev–Trinajstić information content (AvgIpc) is 3.30. The molecule has 194 valence electrons. The molecule has 2 aliphatic heterocycles. The number of carbonyl (C=O) groups excluding carboxylic acids is 3. The van der Waals surface area contributed by atoms with Gasteiger partial charge in [-0.05, 0) is 25.8 Å². The highest BCUT2D eigenvalue weighted by Gasteiger charge is 2.48. The van der Waals surface area contributed by atoms with Gasteiger partial charge in [-0.1, -0.05) is 36.8 Å². The lowest BCUT2D eigenvalue weighted by Crippen LogP contribution is -2.64. The number of imidazole rings is 1. The van der Waals surface area contributed by atoms with Crippen molar-refractivity contribution in [2.45, 2.75) is 45.8 Å². The summed E-state index contributed by atoms with van der Waals surface area (Å²) >= 11 is 0. The van der Waals surface area contributed by atoms with Crippen LogP contribution in [0, 0.1) is 6.92 Å². The molecule has 1 aromatic carbocycles. The van der Waals surface area contributed by atoms with E-state index in [0.717, 1.165) is 24.2 Å². The quantitative estimate of drug-likeness (QED) is 0.540. The topological polar surface area (TPSA) is 109 Å². The van der Waals surface area contributed by atoms with Crippen LogP contribution in [0.15, 0.2) is 30.6 Å². The fourth-order valence-electron chi connectivity index (χ4n) is 4.74. The second-order valence-electron chi connectivity index (χ2n) is 9.68. The smallest absolute Gasteiger partial charge is 0.273 e. The van der Waals surface area contributed by atoms with Crippen molar-refractivity contribution in [3.8, 4) is 0 Å². The van der Waals surface area contributed by atoms with Crippen molar-refractivity contribution in [1.82, 2.24) is 30.0 Å². The third-order valence-corrected chi connectivity index (χ3v) is 6.90. The van der Waals surface area contributed by atoms with Gasteiger partial charge in [0.05, 0.1) is 26.1 Å². The monoisotopic (exact) mass is 496 g/mol. The molecular formula is C26H36N6O4. The molecule has 2 N–H and O–H groups in total. The van der Waals surface area contributed by atoms with Crippen LogP contribution in [-0.2, 0) is 22.6 Å². The molecule has 0 unspecified atom stereocenters. The van der Waals surface area contributed by atoms with Gasteiger partial charge >= 0.3 is 0 Å². The second-order valence-corrected chi connectivity index (χ2v) is 9.68. The number of nitrogens with zero attached hydrogens (tertiary/aromatic N) is 4. The lowest BCUT2D eigenvalue weighted by atomic mass is 9.93. The predicted octanol–water partition coefficient (Wildman–Crippen LogP) is 1.19. The van der Waals surface area contributed by atoms with E-state index in [1.165, 1.54) is 6.33 Å². The van der Waals surface area contributed by atoms with E-state index in [0.29, 0.717) is 45.8 Å². The molecule has 2 aromatic rings. The molecule has 36 heavy (non-hydrogen) atoms. The average molecular weight is 497 g/mol. The van der Waals surface area contributed by atoms with Crippen molar-refractivity contribution in [3.63, 3.8) is 0 Å². The number of hydrogen-bond acceptors (Lipinski definition) is 6. The zero-order chi connectivity index (χ0) is 25.7. The summed E-state index contributed by atoms with van der Waals surface area (Å²) < 4.78 is 6.99. The van der Waals surface area contributed by atoms with Crippen molar-refractivity contribution in [3.05, 3.63) is 53.1 Å². The van der Waals surface area contributed by atoms with Crippen LogP contribution in [0.3, 0.4) is 0 Å². The van der Waals surface area contributed by atoms with E-state index in [9.17, 15) is 14.4 Å². The largest absolute Gasteiger partial charge is 0.379 e. The van der Waals surface area contributed by atoms with Crippen LogP contribution in [0.5, 0.6) is 0 Å². The third kappa shape index (κ3) is 5.44. The molecule has 1 saturated heterocycles. The number of amides is 3. The number of fused-ring (bicyclic) bond motifs is 1.